The van der Waals surface area contributed by atoms with E-state index in [1.807, 2.05) is 6.92 Å². The number of aliphatic hydroxyl groups is 1. The van der Waals surface area contributed by atoms with E-state index < -0.39 is 16.1 Å². The van der Waals surface area contributed by atoms with Gasteiger partial charge in [0.05, 0.1) is 18.2 Å². The lowest BCUT2D eigenvalue weighted by molar-refractivity contribution is 0.0699. The Kier molecular flexibility index (Phi) is 5.37. The standard InChI is InChI=1S/C13H24N4O3S/c1-12-9-17(6-5-16(12)10-13(2)18)21(19,20)8-7-15-4-3-14-11-15/h3-4,11-13,18H,5-10H2,1-2H3. The van der Waals surface area contributed by atoms with Crippen LogP contribution in [0.1, 0.15) is 13.8 Å². The number of aromatic nitrogens is 2. The van der Waals surface area contributed by atoms with Crippen LogP contribution in [0.4, 0.5) is 0 Å². The number of nitrogens with zero attached hydrogens (tertiary/aromatic N) is 4. The van der Waals surface area contributed by atoms with Gasteiger partial charge in [0.1, 0.15) is 0 Å². The van der Waals surface area contributed by atoms with Gasteiger partial charge in [-0.2, -0.15) is 4.31 Å². The smallest absolute Gasteiger partial charge is 0.215 e. The van der Waals surface area contributed by atoms with Crippen LogP contribution in [0.2, 0.25) is 0 Å². The van der Waals surface area contributed by atoms with Gasteiger partial charge in [0, 0.05) is 51.2 Å². The second kappa shape index (κ2) is 6.87. The molecule has 2 rings (SSSR count). The van der Waals surface area contributed by atoms with E-state index in [0.29, 0.717) is 32.7 Å². The maximum Gasteiger partial charge on any atom is 0.215 e. The Morgan fingerprint density at radius 3 is 2.76 bits per heavy atom. The summed E-state index contributed by atoms with van der Waals surface area (Å²) in [5.74, 6) is 0.0898. The molecular formula is C13H24N4O3S. The Morgan fingerprint density at radius 2 is 2.19 bits per heavy atom. The first kappa shape index (κ1) is 16.4. The highest BCUT2D eigenvalue weighted by Gasteiger charge is 2.31. The summed E-state index contributed by atoms with van der Waals surface area (Å²) in [6.07, 6.45) is 4.64. The minimum absolute atomic E-state index is 0.0898. The summed E-state index contributed by atoms with van der Waals surface area (Å²) in [7, 11) is -3.25. The highest BCUT2D eigenvalue weighted by Crippen LogP contribution is 2.14. The summed E-state index contributed by atoms with van der Waals surface area (Å²) in [4.78, 5) is 6.04. The fourth-order valence-corrected chi connectivity index (χ4v) is 4.10. The molecule has 7 nitrogen and oxygen atoms in total. The van der Waals surface area contributed by atoms with Crippen LogP contribution in [0.15, 0.2) is 18.7 Å². The molecule has 0 amide bonds. The fraction of sp³-hybridized carbons (Fsp3) is 0.769. The van der Waals surface area contributed by atoms with Crippen LogP contribution in [0.3, 0.4) is 0 Å². The summed E-state index contributed by atoms with van der Waals surface area (Å²) in [5, 5.41) is 9.46. The summed E-state index contributed by atoms with van der Waals surface area (Å²) >= 11 is 0. The van der Waals surface area contributed by atoms with Crippen LogP contribution in [0.25, 0.3) is 0 Å². The zero-order valence-electron chi connectivity index (χ0n) is 12.6. The Hall–Kier alpha value is -0.960. The minimum Gasteiger partial charge on any atom is -0.392 e. The number of piperazine rings is 1. The molecule has 0 bridgehead atoms. The van der Waals surface area contributed by atoms with Gasteiger partial charge in [-0.1, -0.05) is 0 Å². The molecule has 2 heterocycles. The van der Waals surface area contributed by atoms with Crippen molar-refractivity contribution >= 4 is 10.0 Å². The molecule has 1 aliphatic rings. The van der Waals surface area contributed by atoms with E-state index in [-0.39, 0.29) is 11.8 Å². The van der Waals surface area contributed by atoms with Gasteiger partial charge in [-0.15, -0.1) is 0 Å². The van der Waals surface area contributed by atoms with Crippen molar-refractivity contribution < 1.29 is 13.5 Å². The van der Waals surface area contributed by atoms with Gasteiger partial charge >= 0.3 is 0 Å². The van der Waals surface area contributed by atoms with Crippen LogP contribution in [0.5, 0.6) is 0 Å². The number of aliphatic hydroxyl groups excluding tert-OH is 1. The third-order valence-corrected chi connectivity index (χ3v) is 5.60. The van der Waals surface area contributed by atoms with E-state index in [1.165, 1.54) is 0 Å². The topological polar surface area (TPSA) is 78.7 Å². The lowest BCUT2D eigenvalue weighted by Crippen LogP contribution is -2.55. The molecule has 0 aromatic carbocycles. The molecule has 2 atom stereocenters. The molecular weight excluding hydrogens is 292 g/mol. The number of aryl methyl sites for hydroxylation is 1. The van der Waals surface area contributed by atoms with E-state index in [4.69, 9.17) is 0 Å². The van der Waals surface area contributed by atoms with E-state index >= 15 is 0 Å². The molecule has 1 aliphatic heterocycles. The minimum atomic E-state index is -3.25. The van der Waals surface area contributed by atoms with Gasteiger partial charge in [-0.25, -0.2) is 13.4 Å². The maximum atomic E-state index is 12.4. The fourth-order valence-electron chi connectivity index (χ4n) is 2.59. The normalized spacial score (nSPS) is 23.3. The van der Waals surface area contributed by atoms with Crippen molar-refractivity contribution in [2.24, 2.45) is 0 Å². The van der Waals surface area contributed by atoms with Gasteiger partial charge in [-0.05, 0) is 13.8 Å². The molecule has 1 aromatic rings. The molecule has 1 aromatic heterocycles. The van der Waals surface area contributed by atoms with E-state index in [1.54, 1.807) is 34.5 Å². The molecule has 1 saturated heterocycles. The molecule has 8 heteroatoms. The predicted molar refractivity (Wildman–Crippen MR) is 80.3 cm³/mol. The second-order valence-corrected chi connectivity index (χ2v) is 7.76. The zero-order valence-corrected chi connectivity index (χ0v) is 13.4. The molecule has 1 fully saturated rings. The Balaban J connectivity index is 1.90. The van der Waals surface area contributed by atoms with Crippen LogP contribution < -0.4 is 0 Å². The lowest BCUT2D eigenvalue weighted by atomic mass is 10.2. The number of hydrogen-bond acceptors (Lipinski definition) is 5. The first-order chi connectivity index (χ1) is 9.88. The number of hydrogen-bond donors (Lipinski definition) is 1. The van der Waals surface area contributed by atoms with Crippen molar-refractivity contribution in [3.63, 3.8) is 0 Å². The Labute approximate surface area is 126 Å². The van der Waals surface area contributed by atoms with Gasteiger partial charge in [0.2, 0.25) is 10.0 Å². The average molecular weight is 316 g/mol. The van der Waals surface area contributed by atoms with Crippen molar-refractivity contribution in [2.75, 3.05) is 31.9 Å². The van der Waals surface area contributed by atoms with Crippen molar-refractivity contribution in [1.29, 1.82) is 0 Å². The van der Waals surface area contributed by atoms with E-state index in [2.05, 4.69) is 9.88 Å². The van der Waals surface area contributed by atoms with Crippen molar-refractivity contribution in [3.05, 3.63) is 18.7 Å². The Bertz CT molecular complexity index is 530. The van der Waals surface area contributed by atoms with Crippen molar-refractivity contribution in [2.45, 2.75) is 32.5 Å². The largest absolute Gasteiger partial charge is 0.392 e. The first-order valence-corrected chi connectivity index (χ1v) is 8.85. The Morgan fingerprint density at radius 1 is 1.43 bits per heavy atom. The summed E-state index contributed by atoms with van der Waals surface area (Å²) in [6.45, 7) is 6.40. The molecule has 0 radical (unpaired) electrons. The third kappa shape index (κ3) is 4.50. The third-order valence-electron chi connectivity index (χ3n) is 3.79. The number of sulfonamides is 1. The van der Waals surface area contributed by atoms with Crippen LogP contribution in [-0.4, -0.2) is 76.4 Å². The predicted octanol–water partition coefficient (Wildman–Crippen LogP) is -0.400. The number of imidazole rings is 1. The van der Waals surface area contributed by atoms with Crippen molar-refractivity contribution in [3.8, 4) is 0 Å². The van der Waals surface area contributed by atoms with Gasteiger partial charge in [0.25, 0.3) is 0 Å². The quantitative estimate of drug-likeness (QED) is 0.772. The van der Waals surface area contributed by atoms with Gasteiger partial charge < -0.3 is 9.67 Å². The van der Waals surface area contributed by atoms with Crippen molar-refractivity contribution in [1.82, 2.24) is 18.8 Å². The molecule has 0 aliphatic carbocycles. The zero-order chi connectivity index (χ0) is 15.5. The first-order valence-electron chi connectivity index (χ1n) is 7.24. The van der Waals surface area contributed by atoms with Crippen LogP contribution in [-0.2, 0) is 16.6 Å². The summed E-state index contributed by atoms with van der Waals surface area (Å²) in [5.41, 5.74) is 0. The highest BCUT2D eigenvalue weighted by atomic mass is 32.2. The van der Waals surface area contributed by atoms with E-state index in [0.717, 1.165) is 0 Å². The van der Waals surface area contributed by atoms with Gasteiger partial charge in [0.15, 0.2) is 0 Å². The molecule has 21 heavy (non-hydrogen) atoms. The number of rotatable bonds is 6. The van der Waals surface area contributed by atoms with Crippen LogP contribution in [0, 0.1) is 0 Å². The molecule has 120 valence electrons. The molecule has 0 spiro atoms. The highest BCUT2D eigenvalue weighted by molar-refractivity contribution is 7.89. The summed E-state index contributed by atoms with van der Waals surface area (Å²) < 4.78 is 28.1. The molecule has 0 saturated carbocycles. The van der Waals surface area contributed by atoms with E-state index in [9.17, 15) is 13.5 Å². The second-order valence-electron chi connectivity index (χ2n) is 5.67. The molecule has 1 N–H and O–H groups in total. The molecule has 2 unspecified atom stereocenters. The van der Waals surface area contributed by atoms with Gasteiger partial charge in [-0.3, -0.25) is 4.90 Å². The maximum absolute atomic E-state index is 12.4. The monoisotopic (exact) mass is 316 g/mol. The number of β-amino-alcohol motifs (C(OH)–C–C–N with tert-alkyl or cyclic N) is 1. The van der Waals surface area contributed by atoms with Crippen LogP contribution >= 0.6 is 0 Å². The summed E-state index contributed by atoms with van der Waals surface area (Å²) in [6, 6.07) is 0.122. The average Bonchev–Trinajstić information content (AvgIpc) is 2.91. The lowest BCUT2D eigenvalue weighted by Gasteiger charge is -2.39. The SMILES string of the molecule is CC(O)CN1CCN(S(=O)(=O)CCn2ccnc2)CC1C.